The summed E-state index contributed by atoms with van der Waals surface area (Å²) in [4.78, 5) is 13.3. The summed E-state index contributed by atoms with van der Waals surface area (Å²) in [6.07, 6.45) is 0.832. The third kappa shape index (κ3) is 6.02. The van der Waals surface area contributed by atoms with E-state index in [4.69, 9.17) is 0 Å². The lowest BCUT2D eigenvalue weighted by Gasteiger charge is -2.37. The number of amides is 1. The van der Waals surface area contributed by atoms with Gasteiger partial charge in [0.25, 0.3) is 0 Å². The Kier molecular flexibility index (Phi) is 8.32. The molecule has 1 heterocycles. The van der Waals surface area contributed by atoms with Crippen molar-refractivity contribution in [3.63, 3.8) is 0 Å². The number of piperidine rings is 1. The molecule has 0 aliphatic carbocycles. The van der Waals surface area contributed by atoms with Crippen molar-refractivity contribution in [2.24, 2.45) is 5.92 Å². The largest absolute Gasteiger partial charge is 0.396 e. The number of carbonyl (C=O) groups excluding carboxylic acids is 1. The second-order valence-corrected chi connectivity index (χ2v) is 11.4. The average molecular weight is 473 g/mol. The Morgan fingerprint density at radius 1 is 1.00 bits per heavy atom. The Hall–Kier alpha value is -2.22. The summed E-state index contributed by atoms with van der Waals surface area (Å²) in [5.74, 6) is 0.305. The number of aliphatic hydroxyl groups is 1. The minimum atomic E-state index is -3.84. The lowest BCUT2D eigenvalue weighted by atomic mass is 9.92. The zero-order chi connectivity index (χ0) is 24.2. The van der Waals surface area contributed by atoms with E-state index in [1.807, 2.05) is 36.4 Å². The molecular formula is C26H36N2O4S. The van der Waals surface area contributed by atoms with E-state index >= 15 is 0 Å². The molecule has 2 aromatic rings. The summed E-state index contributed by atoms with van der Waals surface area (Å²) in [6.45, 7) is 8.85. The Bertz CT molecular complexity index is 1030. The number of sulfonamides is 1. The first-order chi connectivity index (χ1) is 15.6. The van der Waals surface area contributed by atoms with Gasteiger partial charge >= 0.3 is 0 Å². The van der Waals surface area contributed by atoms with Gasteiger partial charge in [0.2, 0.25) is 15.9 Å². The molecule has 0 spiro atoms. The van der Waals surface area contributed by atoms with Crippen LogP contribution in [-0.2, 0) is 21.4 Å². The Morgan fingerprint density at radius 2 is 1.55 bits per heavy atom. The minimum Gasteiger partial charge on any atom is -0.396 e. The SMILES string of the molecule is CC(C)c1ccc(CNC(=O)[C@H]2C[C@H](CO)CCN2S(=O)(=O)c2ccc(C(C)C)cc2)cc1. The standard InChI is InChI=1S/C26H36N2O4S/c1-18(2)22-7-5-20(6-8-22)16-27-26(30)25-15-21(17-29)13-14-28(25)33(31,32)24-11-9-23(10-12-24)19(3)4/h5-12,18-19,21,25,29H,13-17H2,1-4H3,(H,27,30)/t21-,25-/m1/s1. The molecule has 2 atom stereocenters. The molecule has 33 heavy (non-hydrogen) atoms. The van der Waals surface area contributed by atoms with Crippen LogP contribution < -0.4 is 5.32 Å². The van der Waals surface area contributed by atoms with Crippen LogP contribution in [0.2, 0.25) is 0 Å². The van der Waals surface area contributed by atoms with Gasteiger partial charge in [-0.1, -0.05) is 64.1 Å². The first-order valence-corrected chi connectivity index (χ1v) is 13.2. The van der Waals surface area contributed by atoms with Crippen molar-refractivity contribution < 1.29 is 18.3 Å². The van der Waals surface area contributed by atoms with Gasteiger partial charge in [0.15, 0.2) is 0 Å². The highest BCUT2D eigenvalue weighted by Gasteiger charge is 2.40. The highest BCUT2D eigenvalue weighted by atomic mass is 32.2. The number of aliphatic hydroxyl groups excluding tert-OH is 1. The van der Waals surface area contributed by atoms with E-state index in [1.165, 1.54) is 9.87 Å². The zero-order valence-corrected chi connectivity index (χ0v) is 20.8. The molecule has 0 unspecified atom stereocenters. The quantitative estimate of drug-likeness (QED) is 0.608. The second-order valence-electron chi connectivity index (χ2n) is 9.54. The van der Waals surface area contributed by atoms with Gasteiger partial charge in [-0.15, -0.1) is 0 Å². The van der Waals surface area contributed by atoms with Gasteiger partial charge in [-0.25, -0.2) is 8.42 Å². The van der Waals surface area contributed by atoms with Crippen LogP contribution >= 0.6 is 0 Å². The normalized spacial score (nSPS) is 19.7. The van der Waals surface area contributed by atoms with Crippen molar-refractivity contribution in [3.8, 4) is 0 Å². The van der Waals surface area contributed by atoms with E-state index in [-0.39, 0.29) is 29.9 Å². The first kappa shape index (κ1) is 25.4. The van der Waals surface area contributed by atoms with Crippen molar-refractivity contribution in [1.29, 1.82) is 0 Å². The van der Waals surface area contributed by atoms with Crippen LogP contribution in [0.15, 0.2) is 53.4 Å². The molecule has 1 amide bonds. The predicted molar refractivity (Wildman–Crippen MR) is 130 cm³/mol. The highest BCUT2D eigenvalue weighted by Crippen LogP contribution is 2.29. The number of benzene rings is 2. The van der Waals surface area contributed by atoms with E-state index < -0.39 is 16.1 Å². The maximum absolute atomic E-state index is 13.4. The summed E-state index contributed by atoms with van der Waals surface area (Å²) in [7, 11) is -3.84. The third-order valence-corrected chi connectivity index (χ3v) is 8.41. The van der Waals surface area contributed by atoms with Crippen LogP contribution in [0, 0.1) is 5.92 Å². The number of nitrogens with zero attached hydrogens (tertiary/aromatic N) is 1. The summed E-state index contributed by atoms with van der Waals surface area (Å²) in [5, 5.41) is 12.6. The fourth-order valence-corrected chi connectivity index (χ4v) is 5.81. The summed E-state index contributed by atoms with van der Waals surface area (Å²) in [5.41, 5.74) is 3.25. The molecule has 7 heteroatoms. The van der Waals surface area contributed by atoms with Gasteiger partial charge in [-0.3, -0.25) is 4.79 Å². The van der Waals surface area contributed by atoms with E-state index in [0.717, 1.165) is 11.1 Å². The highest BCUT2D eigenvalue weighted by molar-refractivity contribution is 7.89. The molecule has 1 saturated heterocycles. The molecule has 2 N–H and O–H groups in total. The topological polar surface area (TPSA) is 86.7 Å². The van der Waals surface area contributed by atoms with E-state index in [2.05, 4.69) is 33.0 Å². The molecule has 6 nitrogen and oxygen atoms in total. The molecule has 0 aromatic heterocycles. The molecule has 0 radical (unpaired) electrons. The molecule has 1 fully saturated rings. The fourth-order valence-electron chi connectivity index (χ4n) is 4.20. The molecule has 2 aromatic carbocycles. The number of rotatable bonds is 8. The molecule has 0 bridgehead atoms. The minimum absolute atomic E-state index is 0.0581. The van der Waals surface area contributed by atoms with Gasteiger partial charge in [0, 0.05) is 19.7 Å². The summed E-state index contributed by atoms with van der Waals surface area (Å²) in [6, 6.07) is 14.1. The van der Waals surface area contributed by atoms with Crippen molar-refractivity contribution in [3.05, 3.63) is 65.2 Å². The zero-order valence-electron chi connectivity index (χ0n) is 20.0. The predicted octanol–water partition coefficient (Wildman–Crippen LogP) is 4.01. The van der Waals surface area contributed by atoms with Crippen molar-refractivity contribution in [2.45, 2.75) is 69.9 Å². The van der Waals surface area contributed by atoms with Crippen LogP contribution in [-0.4, -0.2) is 42.9 Å². The van der Waals surface area contributed by atoms with E-state index in [1.54, 1.807) is 12.1 Å². The lowest BCUT2D eigenvalue weighted by Crippen LogP contribution is -2.53. The Labute approximate surface area is 198 Å². The lowest BCUT2D eigenvalue weighted by molar-refractivity contribution is -0.126. The monoisotopic (exact) mass is 472 g/mol. The van der Waals surface area contributed by atoms with Crippen LogP contribution in [0.3, 0.4) is 0 Å². The van der Waals surface area contributed by atoms with E-state index in [0.29, 0.717) is 31.2 Å². The number of nitrogens with one attached hydrogen (secondary N) is 1. The molecule has 3 rings (SSSR count). The molecule has 0 saturated carbocycles. The van der Waals surface area contributed by atoms with Crippen LogP contribution in [0.25, 0.3) is 0 Å². The average Bonchev–Trinajstić information content (AvgIpc) is 2.82. The van der Waals surface area contributed by atoms with Crippen molar-refractivity contribution in [2.75, 3.05) is 13.2 Å². The van der Waals surface area contributed by atoms with Gasteiger partial charge in [-0.05, 0) is 59.4 Å². The summed E-state index contributed by atoms with van der Waals surface area (Å²) >= 11 is 0. The molecular weight excluding hydrogens is 436 g/mol. The van der Waals surface area contributed by atoms with Crippen LogP contribution in [0.1, 0.15) is 69.1 Å². The molecule has 1 aliphatic rings. The van der Waals surface area contributed by atoms with Gasteiger partial charge < -0.3 is 10.4 Å². The second kappa shape index (κ2) is 10.8. The van der Waals surface area contributed by atoms with E-state index in [9.17, 15) is 18.3 Å². The maximum Gasteiger partial charge on any atom is 0.243 e. The van der Waals surface area contributed by atoms with Gasteiger partial charge in [-0.2, -0.15) is 4.31 Å². The number of hydrogen-bond donors (Lipinski definition) is 2. The number of hydrogen-bond acceptors (Lipinski definition) is 4. The Balaban J connectivity index is 1.77. The fraction of sp³-hybridized carbons (Fsp3) is 0.500. The number of carbonyl (C=O) groups is 1. The third-order valence-electron chi connectivity index (χ3n) is 6.49. The summed E-state index contributed by atoms with van der Waals surface area (Å²) < 4.78 is 28.2. The van der Waals surface area contributed by atoms with Crippen molar-refractivity contribution in [1.82, 2.24) is 9.62 Å². The van der Waals surface area contributed by atoms with Crippen LogP contribution in [0.5, 0.6) is 0 Å². The van der Waals surface area contributed by atoms with Gasteiger partial charge in [0.1, 0.15) is 6.04 Å². The Morgan fingerprint density at radius 3 is 2.06 bits per heavy atom. The van der Waals surface area contributed by atoms with Crippen LogP contribution in [0.4, 0.5) is 0 Å². The smallest absolute Gasteiger partial charge is 0.243 e. The van der Waals surface area contributed by atoms with Gasteiger partial charge in [0.05, 0.1) is 4.90 Å². The van der Waals surface area contributed by atoms with Crippen molar-refractivity contribution >= 4 is 15.9 Å². The molecule has 180 valence electrons. The first-order valence-electron chi connectivity index (χ1n) is 11.7. The molecule has 1 aliphatic heterocycles. The maximum atomic E-state index is 13.4.